The van der Waals surface area contributed by atoms with Crippen LogP contribution in [0.15, 0.2) is 48.7 Å². The highest BCUT2D eigenvalue weighted by atomic mass is 35.5. The van der Waals surface area contributed by atoms with Crippen LogP contribution in [0.4, 0.5) is 11.4 Å². The van der Waals surface area contributed by atoms with Crippen molar-refractivity contribution >= 4 is 28.7 Å². The summed E-state index contributed by atoms with van der Waals surface area (Å²) in [6, 6.07) is 13.7. The Morgan fingerprint density at radius 2 is 1.84 bits per heavy atom. The summed E-state index contributed by atoms with van der Waals surface area (Å²) in [5, 5.41) is 7.27. The van der Waals surface area contributed by atoms with Crippen LogP contribution in [0, 0.1) is 0 Å². The van der Waals surface area contributed by atoms with E-state index in [1.807, 2.05) is 42.6 Å². The van der Waals surface area contributed by atoms with Crippen LogP contribution in [0.25, 0.3) is 5.70 Å². The maximum Gasteiger partial charge on any atom is 0.120 e. The Kier molecular flexibility index (Phi) is 3.05. The van der Waals surface area contributed by atoms with Gasteiger partial charge in [0.15, 0.2) is 0 Å². The number of hydrogen-bond donors (Lipinski definition) is 2. The SMILES string of the molecule is COc1ccc(C2=CNc3ccccc3N2)c(Cl)c1. The van der Waals surface area contributed by atoms with Crippen molar-refractivity contribution in [2.75, 3.05) is 17.7 Å². The molecule has 0 aliphatic carbocycles. The molecular formula is C15H13ClN2O. The summed E-state index contributed by atoms with van der Waals surface area (Å²) >= 11 is 6.28. The fraction of sp³-hybridized carbons (Fsp3) is 0.0667. The molecule has 3 nitrogen and oxygen atoms in total. The Hall–Kier alpha value is -2.13. The third kappa shape index (κ3) is 2.25. The van der Waals surface area contributed by atoms with Crippen LogP contribution in [0.5, 0.6) is 5.75 Å². The highest BCUT2D eigenvalue weighted by Gasteiger charge is 2.13. The highest BCUT2D eigenvalue weighted by molar-refractivity contribution is 6.32. The van der Waals surface area contributed by atoms with E-state index in [2.05, 4.69) is 10.6 Å². The molecule has 0 aromatic heterocycles. The van der Waals surface area contributed by atoms with Crippen molar-refractivity contribution in [3.8, 4) is 5.75 Å². The van der Waals surface area contributed by atoms with Crippen molar-refractivity contribution in [3.63, 3.8) is 0 Å². The van der Waals surface area contributed by atoms with Gasteiger partial charge in [0.05, 0.1) is 29.2 Å². The number of rotatable bonds is 2. The summed E-state index contributed by atoms with van der Waals surface area (Å²) in [5.74, 6) is 0.749. The lowest BCUT2D eigenvalue weighted by Crippen LogP contribution is -2.09. The van der Waals surface area contributed by atoms with Gasteiger partial charge in [-0.2, -0.15) is 0 Å². The number of methoxy groups -OCH3 is 1. The molecule has 1 aliphatic rings. The van der Waals surface area contributed by atoms with Crippen LogP contribution < -0.4 is 15.4 Å². The van der Waals surface area contributed by atoms with Gasteiger partial charge in [-0.3, -0.25) is 0 Å². The minimum atomic E-state index is 0.652. The van der Waals surface area contributed by atoms with E-state index in [-0.39, 0.29) is 0 Å². The summed E-state index contributed by atoms with van der Waals surface area (Å²) in [4.78, 5) is 0. The maximum absolute atomic E-state index is 6.28. The van der Waals surface area contributed by atoms with Crippen LogP contribution in [-0.2, 0) is 0 Å². The van der Waals surface area contributed by atoms with E-state index >= 15 is 0 Å². The van der Waals surface area contributed by atoms with Crippen molar-refractivity contribution in [3.05, 3.63) is 59.3 Å². The summed E-state index contributed by atoms with van der Waals surface area (Å²) in [5.41, 5.74) is 3.96. The topological polar surface area (TPSA) is 33.3 Å². The molecule has 2 aromatic rings. The number of benzene rings is 2. The van der Waals surface area contributed by atoms with Gasteiger partial charge < -0.3 is 15.4 Å². The molecule has 0 saturated heterocycles. The van der Waals surface area contributed by atoms with Gasteiger partial charge in [0, 0.05) is 11.8 Å². The summed E-state index contributed by atoms with van der Waals surface area (Å²) in [6.07, 6.45) is 1.91. The second-order valence-corrected chi connectivity index (χ2v) is 4.63. The molecule has 2 aromatic carbocycles. The van der Waals surface area contributed by atoms with Crippen molar-refractivity contribution in [2.45, 2.75) is 0 Å². The van der Waals surface area contributed by atoms with Crippen molar-refractivity contribution in [1.29, 1.82) is 0 Å². The van der Waals surface area contributed by atoms with Gasteiger partial charge in [0.25, 0.3) is 0 Å². The fourth-order valence-electron chi connectivity index (χ4n) is 2.04. The zero-order valence-corrected chi connectivity index (χ0v) is 11.2. The fourth-order valence-corrected chi connectivity index (χ4v) is 2.31. The first-order valence-electron chi connectivity index (χ1n) is 5.94. The van der Waals surface area contributed by atoms with Crippen LogP contribution in [0.2, 0.25) is 5.02 Å². The second-order valence-electron chi connectivity index (χ2n) is 4.22. The molecule has 2 N–H and O–H groups in total. The van der Waals surface area contributed by atoms with Gasteiger partial charge >= 0.3 is 0 Å². The third-order valence-electron chi connectivity index (χ3n) is 3.03. The molecule has 0 atom stereocenters. The van der Waals surface area contributed by atoms with Gasteiger partial charge in [0.2, 0.25) is 0 Å². The molecular weight excluding hydrogens is 260 g/mol. The first kappa shape index (κ1) is 11.9. The van der Waals surface area contributed by atoms with Gasteiger partial charge in [-0.25, -0.2) is 0 Å². The van der Waals surface area contributed by atoms with Crippen molar-refractivity contribution in [1.82, 2.24) is 0 Å². The number of halogens is 1. The molecule has 1 aliphatic heterocycles. The van der Waals surface area contributed by atoms with Crippen molar-refractivity contribution < 1.29 is 4.74 Å². The van der Waals surface area contributed by atoms with E-state index in [1.165, 1.54) is 0 Å². The Bertz CT molecular complexity index is 652. The lowest BCUT2D eigenvalue weighted by molar-refractivity contribution is 0.415. The van der Waals surface area contributed by atoms with Gasteiger partial charge in [0.1, 0.15) is 5.75 Å². The molecule has 0 unspecified atom stereocenters. The van der Waals surface area contributed by atoms with Crippen molar-refractivity contribution in [2.24, 2.45) is 0 Å². The average Bonchev–Trinajstić information content (AvgIpc) is 2.46. The Balaban J connectivity index is 1.95. The van der Waals surface area contributed by atoms with E-state index in [9.17, 15) is 0 Å². The molecule has 19 heavy (non-hydrogen) atoms. The zero-order valence-electron chi connectivity index (χ0n) is 10.4. The van der Waals surface area contributed by atoms with Crippen LogP contribution in [0.3, 0.4) is 0 Å². The number of nitrogens with one attached hydrogen (secondary N) is 2. The van der Waals surface area contributed by atoms with E-state index in [0.29, 0.717) is 5.02 Å². The summed E-state index contributed by atoms with van der Waals surface area (Å²) in [6.45, 7) is 0. The van der Waals surface area contributed by atoms with Gasteiger partial charge in [-0.15, -0.1) is 0 Å². The van der Waals surface area contributed by atoms with E-state index in [4.69, 9.17) is 16.3 Å². The van der Waals surface area contributed by atoms with E-state index < -0.39 is 0 Å². The number of hydrogen-bond acceptors (Lipinski definition) is 3. The van der Waals surface area contributed by atoms with Gasteiger partial charge in [-0.05, 0) is 30.3 Å². The molecule has 0 radical (unpaired) electrons. The Morgan fingerprint density at radius 3 is 2.58 bits per heavy atom. The molecule has 0 fully saturated rings. The predicted octanol–water partition coefficient (Wildman–Crippen LogP) is 4.18. The number of para-hydroxylation sites is 2. The molecule has 0 bridgehead atoms. The van der Waals surface area contributed by atoms with Crippen LogP contribution in [-0.4, -0.2) is 7.11 Å². The summed E-state index contributed by atoms with van der Waals surface area (Å²) in [7, 11) is 1.63. The van der Waals surface area contributed by atoms with E-state index in [0.717, 1.165) is 28.4 Å². The molecule has 0 spiro atoms. The monoisotopic (exact) mass is 272 g/mol. The first-order chi connectivity index (χ1) is 9.28. The summed E-state index contributed by atoms with van der Waals surface area (Å²) < 4.78 is 5.15. The lowest BCUT2D eigenvalue weighted by Gasteiger charge is -2.21. The van der Waals surface area contributed by atoms with E-state index in [1.54, 1.807) is 13.2 Å². The second kappa shape index (κ2) is 4.86. The standard InChI is InChI=1S/C15H13ClN2O/c1-19-10-6-7-11(12(16)8-10)15-9-17-13-4-2-3-5-14(13)18-15/h2-9,17-18H,1H3. The highest BCUT2D eigenvalue weighted by Crippen LogP contribution is 2.33. The smallest absolute Gasteiger partial charge is 0.120 e. The third-order valence-corrected chi connectivity index (χ3v) is 3.35. The molecule has 0 saturated carbocycles. The number of ether oxygens (including phenoxy) is 1. The maximum atomic E-state index is 6.28. The first-order valence-corrected chi connectivity index (χ1v) is 6.32. The largest absolute Gasteiger partial charge is 0.497 e. The molecule has 96 valence electrons. The molecule has 1 heterocycles. The molecule has 3 rings (SSSR count). The van der Waals surface area contributed by atoms with Crippen LogP contribution >= 0.6 is 11.6 Å². The normalized spacial score (nSPS) is 12.8. The Morgan fingerprint density at radius 1 is 1.05 bits per heavy atom. The quantitative estimate of drug-likeness (QED) is 0.860. The van der Waals surface area contributed by atoms with Crippen LogP contribution in [0.1, 0.15) is 5.56 Å². The predicted molar refractivity (Wildman–Crippen MR) is 79.7 cm³/mol. The Labute approximate surface area is 116 Å². The minimum Gasteiger partial charge on any atom is -0.497 e. The average molecular weight is 273 g/mol. The lowest BCUT2D eigenvalue weighted by atomic mass is 10.1. The molecule has 4 heteroatoms. The minimum absolute atomic E-state index is 0.652. The van der Waals surface area contributed by atoms with Gasteiger partial charge in [-0.1, -0.05) is 23.7 Å². The number of anilines is 2. The zero-order chi connectivity index (χ0) is 13.2. The molecule has 0 amide bonds. The number of fused-ring (bicyclic) bond motifs is 1.